The Kier molecular flexibility index (Phi) is 5.06. The Bertz CT molecular complexity index is 577. The number of halogens is 1. The summed E-state index contributed by atoms with van der Waals surface area (Å²) in [6.45, 7) is 3.70. The molecule has 2 N–H and O–H groups in total. The minimum Gasteiger partial charge on any atom is -0.497 e. The molecule has 20 heavy (non-hydrogen) atoms. The highest BCUT2D eigenvalue weighted by atomic mass is 79.9. The first kappa shape index (κ1) is 15.8. The van der Waals surface area contributed by atoms with Gasteiger partial charge >= 0.3 is 0 Å². The Balaban J connectivity index is 2.23. The van der Waals surface area contributed by atoms with Crippen molar-refractivity contribution in [2.24, 2.45) is 5.92 Å². The fourth-order valence-corrected chi connectivity index (χ4v) is 4.33. The number of piperidine rings is 1. The van der Waals surface area contributed by atoms with Gasteiger partial charge in [-0.2, -0.15) is 0 Å². The molecule has 1 aromatic rings. The number of nitrogens with one attached hydrogen (secondary N) is 2. The molecule has 112 valence electrons. The average Bonchev–Trinajstić information content (AvgIpc) is 2.40. The van der Waals surface area contributed by atoms with Crippen LogP contribution in [0.25, 0.3) is 0 Å². The maximum atomic E-state index is 12.5. The van der Waals surface area contributed by atoms with Gasteiger partial charge in [0.2, 0.25) is 10.0 Å². The minimum absolute atomic E-state index is 0.0359. The lowest BCUT2D eigenvalue weighted by molar-refractivity contribution is 0.328. The number of hydrogen-bond acceptors (Lipinski definition) is 4. The lowest BCUT2D eigenvalue weighted by Crippen LogP contribution is -2.48. The van der Waals surface area contributed by atoms with Crippen LogP contribution >= 0.6 is 15.9 Å². The summed E-state index contributed by atoms with van der Waals surface area (Å²) in [5.74, 6) is 0.783. The second kappa shape index (κ2) is 6.43. The van der Waals surface area contributed by atoms with Crippen LogP contribution in [0.5, 0.6) is 5.75 Å². The Morgan fingerprint density at radius 3 is 2.80 bits per heavy atom. The predicted molar refractivity (Wildman–Crippen MR) is 81.5 cm³/mol. The van der Waals surface area contributed by atoms with Crippen molar-refractivity contribution < 1.29 is 13.2 Å². The first-order valence-corrected chi connectivity index (χ1v) is 8.77. The Morgan fingerprint density at radius 2 is 2.15 bits per heavy atom. The molecular formula is C13H19BrN2O3S. The fraction of sp³-hybridized carbons (Fsp3) is 0.538. The zero-order valence-corrected chi connectivity index (χ0v) is 13.9. The quantitative estimate of drug-likeness (QED) is 0.855. The van der Waals surface area contributed by atoms with E-state index < -0.39 is 10.0 Å². The highest BCUT2D eigenvalue weighted by molar-refractivity contribution is 9.10. The number of rotatable bonds is 4. The number of ether oxygens (including phenoxy) is 1. The maximum Gasteiger partial charge on any atom is 0.241 e. The summed E-state index contributed by atoms with van der Waals surface area (Å²) in [7, 11) is -2.02. The molecule has 1 aliphatic heterocycles. The van der Waals surface area contributed by atoms with Gasteiger partial charge in [0.05, 0.1) is 12.0 Å². The predicted octanol–water partition coefficient (Wildman–Crippen LogP) is 1.73. The maximum absolute atomic E-state index is 12.5. The molecule has 2 unspecified atom stereocenters. The lowest BCUT2D eigenvalue weighted by atomic mass is 9.97. The van der Waals surface area contributed by atoms with Crippen LogP contribution in [0.4, 0.5) is 0 Å². The molecule has 1 saturated heterocycles. The van der Waals surface area contributed by atoms with E-state index in [9.17, 15) is 8.42 Å². The molecule has 0 bridgehead atoms. The molecule has 0 aromatic heterocycles. The monoisotopic (exact) mass is 362 g/mol. The van der Waals surface area contributed by atoms with Crippen molar-refractivity contribution in [1.82, 2.24) is 10.0 Å². The zero-order chi connectivity index (χ0) is 14.8. The molecular weight excluding hydrogens is 344 g/mol. The molecule has 1 aliphatic rings. The molecule has 2 rings (SSSR count). The van der Waals surface area contributed by atoms with Crippen LogP contribution in [0.3, 0.4) is 0 Å². The molecule has 0 aliphatic carbocycles. The first-order valence-electron chi connectivity index (χ1n) is 6.50. The molecule has 0 amide bonds. The second-order valence-electron chi connectivity index (χ2n) is 5.02. The third-order valence-electron chi connectivity index (χ3n) is 3.48. The smallest absolute Gasteiger partial charge is 0.241 e. The van der Waals surface area contributed by atoms with E-state index in [1.54, 1.807) is 12.1 Å². The number of benzene rings is 1. The molecule has 2 atom stereocenters. The average molecular weight is 363 g/mol. The topological polar surface area (TPSA) is 67.4 Å². The van der Waals surface area contributed by atoms with Crippen molar-refractivity contribution in [2.75, 3.05) is 20.2 Å². The van der Waals surface area contributed by atoms with Gasteiger partial charge in [-0.05, 0) is 37.6 Å². The fourth-order valence-electron chi connectivity index (χ4n) is 2.27. The summed E-state index contributed by atoms with van der Waals surface area (Å²) < 4.78 is 33.5. The molecule has 0 saturated carbocycles. The summed E-state index contributed by atoms with van der Waals surface area (Å²) in [5, 5.41) is 3.26. The van der Waals surface area contributed by atoms with Crippen molar-refractivity contribution in [1.29, 1.82) is 0 Å². The van der Waals surface area contributed by atoms with Crippen molar-refractivity contribution in [3.05, 3.63) is 22.7 Å². The van der Waals surface area contributed by atoms with Gasteiger partial charge in [0.15, 0.2) is 0 Å². The first-order chi connectivity index (χ1) is 9.42. The summed E-state index contributed by atoms with van der Waals surface area (Å²) >= 11 is 3.30. The van der Waals surface area contributed by atoms with Gasteiger partial charge in [-0.3, -0.25) is 0 Å². The third kappa shape index (κ3) is 3.72. The number of hydrogen-bond donors (Lipinski definition) is 2. The largest absolute Gasteiger partial charge is 0.497 e. The second-order valence-corrected chi connectivity index (χ2v) is 7.65. The van der Waals surface area contributed by atoms with E-state index >= 15 is 0 Å². The van der Waals surface area contributed by atoms with Gasteiger partial charge in [0.25, 0.3) is 0 Å². The van der Waals surface area contributed by atoms with Crippen LogP contribution in [0.2, 0.25) is 0 Å². The van der Waals surface area contributed by atoms with Gasteiger partial charge < -0.3 is 10.1 Å². The molecule has 0 radical (unpaired) electrons. The van der Waals surface area contributed by atoms with Crippen molar-refractivity contribution >= 4 is 26.0 Å². The zero-order valence-electron chi connectivity index (χ0n) is 11.5. The van der Waals surface area contributed by atoms with E-state index in [1.807, 2.05) is 6.92 Å². The van der Waals surface area contributed by atoms with E-state index in [4.69, 9.17) is 4.74 Å². The van der Waals surface area contributed by atoms with E-state index in [0.29, 0.717) is 10.2 Å². The highest BCUT2D eigenvalue weighted by Gasteiger charge is 2.27. The van der Waals surface area contributed by atoms with Crippen molar-refractivity contribution in [2.45, 2.75) is 24.3 Å². The minimum atomic E-state index is -3.54. The van der Waals surface area contributed by atoms with Gasteiger partial charge in [-0.1, -0.05) is 22.9 Å². The van der Waals surface area contributed by atoms with Gasteiger partial charge in [0, 0.05) is 16.6 Å². The van der Waals surface area contributed by atoms with E-state index in [-0.39, 0.29) is 16.9 Å². The van der Waals surface area contributed by atoms with Crippen molar-refractivity contribution in [3.8, 4) is 5.75 Å². The molecule has 1 heterocycles. The summed E-state index contributed by atoms with van der Waals surface area (Å²) in [5.41, 5.74) is 0. The highest BCUT2D eigenvalue weighted by Crippen LogP contribution is 2.25. The van der Waals surface area contributed by atoms with Crippen molar-refractivity contribution in [3.63, 3.8) is 0 Å². The summed E-state index contributed by atoms with van der Waals surface area (Å²) in [6.07, 6.45) is 0.797. The number of sulfonamides is 1. The molecule has 0 spiro atoms. The third-order valence-corrected chi connectivity index (χ3v) is 5.41. The van der Waals surface area contributed by atoms with Crippen LogP contribution in [0, 0.1) is 5.92 Å². The summed E-state index contributed by atoms with van der Waals surface area (Å²) in [4.78, 5) is 0.217. The lowest BCUT2D eigenvalue weighted by Gasteiger charge is -2.30. The van der Waals surface area contributed by atoms with Gasteiger partial charge in [-0.15, -0.1) is 0 Å². The Labute approximate surface area is 128 Å². The van der Waals surface area contributed by atoms with Crippen LogP contribution in [0.1, 0.15) is 13.3 Å². The van der Waals surface area contributed by atoms with Crippen LogP contribution in [0.15, 0.2) is 27.6 Å². The van der Waals surface area contributed by atoms with Crippen LogP contribution < -0.4 is 14.8 Å². The number of methoxy groups -OCH3 is 1. The van der Waals surface area contributed by atoms with Crippen LogP contribution in [-0.2, 0) is 10.0 Å². The van der Waals surface area contributed by atoms with E-state index in [2.05, 4.69) is 26.0 Å². The van der Waals surface area contributed by atoms with E-state index in [1.165, 1.54) is 13.2 Å². The molecule has 5 nitrogen and oxygen atoms in total. The molecule has 1 aromatic carbocycles. The van der Waals surface area contributed by atoms with Crippen LogP contribution in [-0.4, -0.2) is 34.7 Å². The van der Waals surface area contributed by atoms with Gasteiger partial charge in [0.1, 0.15) is 5.75 Å². The summed E-state index contributed by atoms with van der Waals surface area (Å²) in [6, 6.07) is 4.80. The Hall–Kier alpha value is -0.630. The van der Waals surface area contributed by atoms with E-state index in [0.717, 1.165) is 19.5 Å². The standard InChI is InChI=1S/C13H19BrN2O3S/c1-9-8-15-4-3-13(9)16-20(17,18)12-6-10(14)5-11(7-12)19-2/h5-7,9,13,15-16H,3-4,8H2,1-2H3. The van der Waals surface area contributed by atoms with Gasteiger partial charge in [-0.25, -0.2) is 13.1 Å². The SMILES string of the molecule is COc1cc(Br)cc(S(=O)(=O)NC2CCNCC2C)c1. The molecule has 1 fully saturated rings. The normalized spacial score (nSPS) is 23.6. The molecule has 7 heteroatoms. The Morgan fingerprint density at radius 1 is 1.40 bits per heavy atom.